The summed E-state index contributed by atoms with van der Waals surface area (Å²) in [5.74, 6) is -14.4. The highest BCUT2D eigenvalue weighted by atomic mass is 16.4. The number of carbonyl (C=O) groups excluding carboxylic acids is 15. The summed E-state index contributed by atoms with van der Waals surface area (Å²) >= 11 is 0. The van der Waals surface area contributed by atoms with Gasteiger partial charge in [0.05, 0.1) is 6.04 Å². The van der Waals surface area contributed by atoms with Gasteiger partial charge in [0.1, 0.15) is 90.6 Å². The van der Waals surface area contributed by atoms with E-state index in [1.165, 1.54) is 32.6 Å². The van der Waals surface area contributed by atoms with Crippen molar-refractivity contribution >= 4 is 106 Å². The molecule has 0 aromatic rings. The number of nitrogens with two attached hydrogens (primary N) is 7. The second kappa shape index (κ2) is 57.4. The molecule has 1 fully saturated rings. The molecule has 702 valence electrons. The Morgan fingerprint density at radius 2 is 0.618 bits per heavy atom. The highest BCUT2D eigenvalue weighted by Gasteiger charge is 2.42. The van der Waals surface area contributed by atoms with E-state index in [0.717, 1.165) is 0 Å². The van der Waals surface area contributed by atoms with Crippen LogP contribution in [-0.2, 0) is 76.7 Å². The number of aliphatic imine (C=N–C) groups is 2. The normalized spacial score (nSPS) is 16.4. The van der Waals surface area contributed by atoms with Crippen LogP contribution in [0.5, 0.6) is 0 Å². The smallest absolute Gasteiger partial charge is 0.325 e. The number of aliphatic carboxylic acids is 1. The van der Waals surface area contributed by atoms with Gasteiger partial charge in [0, 0.05) is 19.6 Å². The third-order valence-corrected chi connectivity index (χ3v) is 20.1. The maximum Gasteiger partial charge on any atom is 0.325 e. The molecule has 0 saturated carbocycles. The Hall–Kier alpha value is -10.1. The molecule has 41 nitrogen and oxygen atoms in total. The van der Waals surface area contributed by atoms with Gasteiger partial charge < -0.3 is 125 Å². The highest BCUT2D eigenvalue weighted by Crippen LogP contribution is 2.22. The molecule has 0 aromatic carbocycles. The Kier molecular flexibility index (Phi) is 51.8. The largest absolute Gasteiger partial charge is 0.480 e. The Bertz CT molecular complexity index is 3500. The van der Waals surface area contributed by atoms with Gasteiger partial charge in [-0.05, 0) is 198 Å². The summed E-state index contributed by atoms with van der Waals surface area (Å²) in [5.41, 5.74) is 39.8. The number of likely N-dealkylation sites (tertiary alicyclic amines) is 1. The molecule has 41 heteroatoms. The Morgan fingerprint density at radius 1 is 0.333 bits per heavy atom. The zero-order chi connectivity index (χ0) is 93.8. The van der Waals surface area contributed by atoms with Gasteiger partial charge in [-0.25, -0.2) is 0 Å². The van der Waals surface area contributed by atoms with Crippen molar-refractivity contribution in [3.8, 4) is 0 Å². The van der Waals surface area contributed by atoms with Crippen LogP contribution in [0.2, 0.25) is 0 Å². The summed E-state index contributed by atoms with van der Waals surface area (Å²) in [7, 11) is 0. The van der Waals surface area contributed by atoms with Crippen molar-refractivity contribution < 1.29 is 81.8 Å². The number of nitrogens with one attached hydrogen (secondary N) is 14. The number of rotatable bonds is 59. The van der Waals surface area contributed by atoms with Gasteiger partial charge in [-0.2, -0.15) is 0 Å². The fourth-order valence-electron chi connectivity index (χ4n) is 13.5. The van der Waals surface area contributed by atoms with Gasteiger partial charge in [0.15, 0.2) is 11.9 Å². The maximum absolute atomic E-state index is 14.8. The van der Waals surface area contributed by atoms with E-state index in [-0.39, 0.29) is 157 Å². The fourth-order valence-corrected chi connectivity index (χ4v) is 13.5. The van der Waals surface area contributed by atoms with Crippen molar-refractivity contribution in [2.24, 2.45) is 91.5 Å². The zero-order valence-corrected chi connectivity index (χ0v) is 75.9. The van der Waals surface area contributed by atoms with Crippen molar-refractivity contribution in [1.29, 1.82) is 0 Å². The van der Waals surface area contributed by atoms with Crippen LogP contribution in [0.3, 0.4) is 0 Å². The number of guanidine groups is 2. The fraction of sp³-hybridized carbons (Fsp3) is 0.780. The number of carboxylic acid groups (broad SMARTS) is 1. The summed E-state index contributed by atoms with van der Waals surface area (Å²) in [4.78, 5) is 233. The minimum atomic E-state index is -1.32. The molecule has 0 unspecified atom stereocenters. The van der Waals surface area contributed by atoms with E-state index in [0.29, 0.717) is 38.5 Å². The van der Waals surface area contributed by atoms with Crippen LogP contribution in [0.4, 0.5) is 0 Å². The third-order valence-electron chi connectivity index (χ3n) is 20.1. The monoisotopic (exact) mass is 1750 g/mol. The maximum atomic E-state index is 14.8. The molecular weight excluding hydrogens is 1590 g/mol. The molecule has 1 heterocycles. The lowest BCUT2D eigenvalue weighted by Gasteiger charge is -2.31. The molecule has 1 aliphatic heterocycles. The first-order chi connectivity index (χ1) is 57.4. The predicted molar refractivity (Wildman–Crippen MR) is 467 cm³/mol. The first kappa shape index (κ1) is 111. The van der Waals surface area contributed by atoms with Crippen molar-refractivity contribution in [3.05, 3.63) is 0 Å². The van der Waals surface area contributed by atoms with Crippen LogP contribution in [0, 0.1) is 41.4 Å². The van der Waals surface area contributed by atoms with Gasteiger partial charge >= 0.3 is 5.97 Å². The topological polar surface area (TPSA) is 672 Å². The molecule has 1 saturated heterocycles. The Balaban J connectivity index is 3.42. The van der Waals surface area contributed by atoms with Gasteiger partial charge in [-0.3, -0.25) is 86.7 Å². The number of carboxylic acids is 1. The zero-order valence-electron chi connectivity index (χ0n) is 75.9. The molecule has 0 spiro atoms. The molecule has 16 atom stereocenters. The van der Waals surface area contributed by atoms with Crippen LogP contribution in [-0.4, -0.2) is 246 Å². The summed E-state index contributed by atoms with van der Waals surface area (Å²) in [6, 6.07) is -19.7. The van der Waals surface area contributed by atoms with E-state index >= 15 is 0 Å². The number of carbonyl (C=O) groups is 16. The minimum Gasteiger partial charge on any atom is -0.480 e. The van der Waals surface area contributed by atoms with Gasteiger partial charge in [0.2, 0.25) is 88.6 Å². The van der Waals surface area contributed by atoms with Crippen LogP contribution >= 0.6 is 0 Å². The average molecular weight is 1750 g/mol. The van der Waals surface area contributed by atoms with Crippen LogP contribution in [0.1, 0.15) is 240 Å². The Labute approximate surface area is 725 Å². The van der Waals surface area contributed by atoms with Crippen LogP contribution in [0.15, 0.2) is 9.98 Å². The average Bonchev–Trinajstić information content (AvgIpc) is 1.72. The summed E-state index contributed by atoms with van der Waals surface area (Å²) in [6.45, 7) is 31.3. The van der Waals surface area contributed by atoms with Crippen molar-refractivity contribution in [2.45, 2.75) is 337 Å². The van der Waals surface area contributed by atoms with E-state index in [1.807, 2.05) is 27.7 Å². The highest BCUT2D eigenvalue weighted by molar-refractivity contribution is 6.01. The number of unbranched alkanes of at least 4 members (excludes halogenated alkanes) is 2. The SMILES string of the molecule is CC(C)C[C@H](NC(=O)[C@H](C)NC(=O)[C@H](CC(C)C)NC(=O)[C@H](CC(C)C)NC(=O)[C@H](C)NC(=O)[C@H](CC(C)C)NC(=O)[C@H](CC(C)C)NC(=O)[C@@H](NC(=O)[C@H](C)NC(=O)[C@@H]1CCCN1C(=O)[C@H](CCCCN)NC(=O)[C@H](CCCCN)NC(=O)[C@H](CCCN=C(N)N)NC(=O)[C@@H](N)CCCN=C(N)N)C(C)C)C(=O)N[C@@H](CC(C)C)C(=O)N[C@@H](C)C(=O)O. The second-order valence-corrected chi connectivity index (χ2v) is 35.1. The first-order valence-electron chi connectivity index (χ1n) is 43.5. The first-order valence-corrected chi connectivity index (χ1v) is 43.5. The molecule has 0 bridgehead atoms. The predicted octanol–water partition coefficient (Wildman–Crippen LogP) is -2.45. The number of hydrogen-bond donors (Lipinski definition) is 22. The van der Waals surface area contributed by atoms with Gasteiger partial charge in [-0.1, -0.05) is 96.9 Å². The number of nitrogens with zero attached hydrogens (tertiary/aromatic N) is 3. The van der Waals surface area contributed by atoms with Crippen molar-refractivity contribution in [2.75, 3.05) is 32.7 Å². The van der Waals surface area contributed by atoms with Crippen molar-refractivity contribution in [1.82, 2.24) is 79.3 Å². The van der Waals surface area contributed by atoms with Gasteiger partial charge in [-0.15, -0.1) is 0 Å². The van der Waals surface area contributed by atoms with Crippen LogP contribution < -0.4 is 115 Å². The molecule has 15 amide bonds. The summed E-state index contributed by atoms with van der Waals surface area (Å²) in [5, 5.41) is 46.9. The summed E-state index contributed by atoms with van der Waals surface area (Å²) < 4.78 is 0. The van der Waals surface area contributed by atoms with E-state index in [1.54, 1.807) is 69.2 Å². The summed E-state index contributed by atoms with van der Waals surface area (Å²) in [6.07, 6.45) is 3.68. The third kappa shape index (κ3) is 43.7. The molecular formula is C82H152N24O17. The minimum absolute atomic E-state index is 0.0281. The Morgan fingerprint density at radius 3 is 0.967 bits per heavy atom. The van der Waals surface area contributed by atoms with E-state index in [9.17, 15) is 81.8 Å². The van der Waals surface area contributed by atoms with Crippen LogP contribution in [0.25, 0.3) is 0 Å². The lowest BCUT2D eigenvalue weighted by atomic mass is 9.98. The quantitative estimate of drug-likeness (QED) is 0.0171. The van der Waals surface area contributed by atoms with E-state index in [2.05, 4.69) is 84.4 Å². The molecule has 1 rings (SSSR count). The van der Waals surface area contributed by atoms with Gasteiger partial charge in [0.25, 0.3) is 0 Å². The number of hydrogen-bond acceptors (Lipinski definition) is 21. The molecule has 0 aliphatic carbocycles. The van der Waals surface area contributed by atoms with E-state index in [4.69, 9.17) is 40.1 Å². The molecule has 0 radical (unpaired) electrons. The molecule has 1 aliphatic rings. The second-order valence-electron chi connectivity index (χ2n) is 35.1. The molecule has 123 heavy (non-hydrogen) atoms. The molecule has 0 aromatic heterocycles. The van der Waals surface area contributed by atoms with E-state index < -0.39 is 197 Å². The lowest BCUT2D eigenvalue weighted by Crippen LogP contribution is -2.61. The standard InChI is InChI=1S/C82H152N24O17/c1-42(2)36-57(71(113)92-49(15)66(108)100-61(40-46(9)10)75(117)103-59(38-44(5)6)73(115)95-52(18)80(122)123)101-74(116)60(39-45(7)8)99-65(107)50(16)93-72(114)58(37-43(3)4)102-76(118)62(41-47(11)12)104-78(120)64(48(13)14)105-67(109)51(17)94-77(119)63-30-25-35-106(63)79(121)56(28-20-22-32-84)98-70(112)54(27-19-21-31-83)97-69(111)55(29-24-34-91-82(88)89)96-68(110)53(85)26-23-33-90-81(86)87/h42-64H,19-41,83-85H2,1-18H3,(H,92,113)(H,93,114)(H,94,119)(H,95,115)(H,96,110)(H,97,111)(H,98,112)(H,99,107)(H,100,108)(H,101,116)(H,102,118)(H,103,117)(H,104,120)(H,105,109)(H,122,123)(H4,86,87,90)(H4,88,89,91)/t49-,50-,51-,52-,53-,54-,55-,56-,57-,58-,59-,60-,61-,62-,63-,64-/m0/s1. The molecule has 29 N–H and O–H groups in total. The van der Waals surface area contributed by atoms with Crippen molar-refractivity contribution in [3.63, 3.8) is 0 Å². The lowest BCUT2D eigenvalue weighted by molar-refractivity contribution is -0.142. The number of amides is 15.